The summed E-state index contributed by atoms with van der Waals surface area (Å²) in [6.45, 7) is -2.00. The van der Waals surface area contributed by atoms with Crippen LogP contribution in [-0.2, 0) is 55.7 Å². The molecule has 0 N–H and O–H groups in total. The standard InChI is InChI=1S/4CH2O2.Cu.Zn/c4*2-1-3;;/h4*1H,(H,2,3);;/q;;;;2*+2/p-4. The number of carbonyl (C=O) groups excluding carboxylic acids is 4. The number of hydrogen-bond acceptors (Lipinski definition) is 8. The third-order valence-corrected chi connectivity index (χ3v) is 0. The van der Waals surface area contributed by atoms with E-state index in [1.807, 2.05) is 0 Å². The van der Waals surface area contributed by atoms with Crippen molar-refractivity contribution in [1.29, 1.82) is 0 Å². The predicted molar refractivity (Wildman–Crippen MR) is 24.3 cm³/mol. The number of carbonyl (C=O) groups is 4. The minimum atomic E-state index is -0.500. The van der Waals surface area contributed by atoms with Crippen LogP contribution in [0.3, 0.4) is 0 Å². The summed E-state index contributed by atoms with van der Waals surface area (Å²) in [6, 6.07) is 0. The molecule has 0 aliphatic carbocycles. The van der Waals surface area contributed by atoms with Crippen LogP contribution >= 0.6 is 0 Å². The first-order valence-corrected chi connectivity index (χ1v) is 1.89. The Labute approximate surface area is 102 Å². The second kappa shape index (κ2) is 160. The van der Waals surface area contributed by atoms with E-state index >= 15 is 0 Å². The maximum absolute atomic E-state index is 8.25. The van der Waals surface area contributed by atoms with Crippen LogP contribution in [0.25, 0.3) is 0 Å². The molecule has 10 heteroatoms. The van der Waals surface area contributed by atoms with E-state index in [2.05, 4.69) is 0 Å². The second-order valence-corrected chi connectivity index (χ2v) is 0.385. The number of carboxylic acid groups (broad SMARTS) is 4. The summed E-state index contributed by atoms with van der Waals surface area (Å²) in [5.41, 5.74) is 0. The molecule has 81 valence electrons. The minimum Gasteiger partial charge on any atom is -0.554 e. The van der Waals surface area contributed by atoms with E-state index in [1.165, 1.54) is 0 Å². The van der Waals surface area contributed by atoms with Crippen LogP contribution < -0.4 is 20.4 Å². The number of hydrogen-bond donors (Lipinski definition) is 0. The molecule has 0 heterocycles. The Morgan fingerprint density at radius 3 is 0.571 bits per heavy atom. The first kappa shape index (κ1) is 38.2. The van der Waals surface area contributed by atoms with E-state index in [0.717, 1.165) is 0 Å². The van der Waals surface area contributed by atoms with Crippen molar-refractivity contribution in [2.24, 2.45) is 0 Å². The number of rotatable bonds is 0. The smallest absolute Gasteiger partial charge is 0.554 e. The monoisotopic (exact) mass is 307 g/mol. The van der Waals surface area contributed by atoms with Gasteiger partial charge in [0, 0.05) is 25.9 Å². The van der Waals surface area contributed by atoms with Crippen LogP contribution in [0.5, 0.6) is 0 Å². The molecule has 0 aromatic carbocycles. The molecular weight excluding hydrogens is 305 g/mol. The Kier molecular flexibility index (Phi) is 436. The SMILES string of the molecule is O=C[O-].O=C[O-].O=C[O-].O=C[O-].[Cu+2].[Zn+2]. The van der Waals surface area contributed by atoms with Gasteiger partial charge in [0.15, 0.2) is 0 Å². The normalized spacial score (nSPS) is 3.43. The van der Waals surface area contributed by atoms with E-state index in [0.29, 0.717) is 0 Å². The van der Waals surface area contributed by atoms with Crippen LogP contribution in [0, 0.1) is 0 Å². The van der Waals surface area contributed by atoms with Crippen molar-refractivity contribution in [2.75, 3.05) is 0 Å². The summed E-state index contributed by atoms with van der Waals surface area (Å²) < 4.78 is 0. The largest absolute Gasteiger partial charge is 2.00 e. The van der Waals surface area contributed by atoms with Gasteiger partial charge in [0.05, 0.1) is 0 Å². The molecule has 0 aromatic rings. The van der Waals surface area contributed by atoms with Crippen LogP contribution in [0.15, 0.2) is 0 Å². The molecule has 8 nitrogen and oxygen atoms in total. The third kappa shape index (κ3) is 1160. The molecule has 1 radical (unpaired) electrons. The van der Waals surface area contributed by atoms with E-state index in [-0.39, 0.29) is 36.5 Å². The van der Waals surface area contributed by atoms with Gasteiger partial charge in [-0.25, -0.2) is 0 Å². The van der Waals surface area contributed by atoms with Gasteiger partial charge in [0.1, 0.15) is 0 Å². The van der Waals surface area contributed by atoms with Crippen LogP contribution in [0.1, 0.15) is 0 Å². The summed E-state index contributed by atoms with van der Waals surface area (Å²) >= 11 is 0. The van der Waals surface area contributed by atoms with Crippen molar-refractivity contribution in [1.82, 2.24) is 0 Å². The van der Waals surface area contributed by atoms with Crippen molar-refractivity contribution in [3.63, 3.8) is 0 Å². The van der Waals surface area contributed by atoms with Crippen LogP contribution in [0.2, 0.25) is 0 Å². The summed E-state index contributed by atoms with van der Waals surface area (Å²) in [6.07, 6.45) is 0. The van der Waals surface area contributed by atoms with Crippen molar-refractivity contribution < 1.29 is 76.2 Å². The van der Waals surface area contributed by atoms with Crippen LogP contribution in [-0.4, -0.2) is 25.9 Å². The zero-order valence-electron chi connectivity index (χ0n) is 6.58. The minimum absolute atomic E-state index is 0. The maximum atomic E-state index is 8.25. The van der Waals surface area contributed by atoms with Gasteiger partial charge in [-0.2, -0.15) is 0 Å². The first-order chi connectivity index (χ1) is 5.66. The van der Waals surface area contributed by atoms with E-state index in [9.17, 15) is 0 Å². The van der Waals surface area contributed by atoms with Crippen molar-refractivity contribution in [3.05, 3.63) is 0 Å². The summed E-state index contributed by atoms with van der Waals surface area (Å²) in [4.78, 5) is 33.0. The van der Waals surface area contributed by atoms with Gasteiger partial charge in [-0.1, -0.05) is 0 Å². The molecule has 0 fully saturated rings. The van der Waals surface area contributed by atoms with Gasteiger partial charge < -0.3 is 39.6 Å². The average molecular weight is 309 g/mol. The molecule has 0 saturated carbocycles. The average Bonchev–Trinajstić information content (AvgIpc) is 1.92. The fourth-order valence-corrected chi connectivity index (χ4v) is 0. The van der Waals surface area contributed by atoms with Gasteiger partial charge in [-0.15, -0.1) is 0 Å². The summed E-state index contributed by atoms with van der Waals surface area (Å²) in [5, 5.41) is 33.0. The Balaban J connectivity index is -0.0000000145. The van der Waals surface area contributed by atoms with Gasteiger partial charge in [0.25, 0.3) is 0 Å². The first-order valence-electron chi connectivity index (χ1n) is 1.89. The molecule has 0 rings (SSSR count). The molecule has 0 aromatic heterocycles. The van der Waals surface area contributed by atoms with E-state index < -0.39 is 25.9 Å². The van der Waals surface area contributed by atoms with Gasteiger partial charge >= 0.3 is 36.5 Å². The zero-order chi connectivity index (χ0) is 10.8. The molecule has 0 unspecified atom stereocenters. The van der Waals surface area contributed by atoms with Gasteiger partial charge in [0.2, 0.25) is 0 Å². The molecule has 0 spiro atoms. The van der Waals surface area contributed by atoms with Crippen molar-refractivity contribution in [2.45, 2.75) is 0 Å². The molecule has 0 aliphatic rings. The Morgan fingerprint density at radius 1 is 0.571 bits per heavy atom. The molecular formula is C4H4CuO8Zn. The van der Waals surface area contributed by atoms with Gasteiger partial charge in [-0.05, 0) is 0 Å². The van der Waals surface area contributed by atoms with Gasteiger partial charge in [-0.3, -0.25) is 0 Å². The van der Waals surface area contributed by atoms with Crippen LogP contribution in [0.4, 0.5) is 0 Å². The Hall–Kier alpha value is -0.977. The fraction of sp³-hybridized carbons (Fsp3) is 0. The molecule has 0 aliphatic heterocycles. The van der Waals surface area contributed by atoms with E-state index in [4.69, 9.17) is 39.6 Å². The Bertz CT molecular complexity index is 75.3. The molecule has 0 amide bonds. The maximum Gasteiger partial charge on any atom is 2.00 e. The molecule has 0 saturated heterocycles. The second-order valence-electron chi connectivity index (χ2n) is 0.385. The molecule has 0 bridgehead atoms. The quantitative estimate of drug-likeness (QED) is 0.315. The Morgan fingerprint density at radius 2 is 0.571 bits per heavy atom. The topological polar surface area (TPSA) is 161 Å². The molecule has 14 heavy (non-hydrogen) atoms. The summed E-state index contributed by atoms with van der Waals surface area (Å²) in [5.74, 6) is 0. The summed E-state index contributed by atoms with van der Waals surface area (Å²) in [7, 11) is 0. The van der Waals surface area contributed by atoms with Crippen molar-refractivity contribution >= 4 is 25.9 Å². The fourth-order valence-electron chi connectivity index (χ4n) is 0. The molecule has 0 atom stereocenters. The third-order valence-electron chi connectivity index (χ3n) is 0. The predicted octanol–water partition coefficient (Wildman–Crippen LogP) is -6.54. The zero-order valence-corrected chi connectivity index (χ0v) is 10.5. The van der Waals surface area contributed by atoms with Crippen molar-refractivity contribution in [3.8, 4) is 0 Å². The van der Waals surface area contributed by atoms with E-state index in [1.54, 1.807) is 0 Å².